The van der Waals surface area contributed by atoms with Crippen molar-refractivity contribution in [3.63, 3.8) is 0 Å². The number of nitrogens with one attached hydrogen (secondary N) is 1. The number of ether oxygens (including phenoxy) is 1. The molecular formula is C19H19N3O2. The van der Waals surface area contributed by atoms with Gasteiger partial charge in [-0.25, -0.2) is 0 Å². The fraction of sp³-hybridized carbons (Fsp3) is 0.579. The minimum Gasteiger partial charge on any atom is -0.376 e. The summed E-state index contributed by atoms with van der Waals surface area (Å²) in [5.41, 5.74) is 0.823. The van der Waals surface area contributed by atoms with Crippen molar-refractivity contribution in [1.82, 2.24) is 4.90 Å². The number of nitrogens with zero attached hydrogens (tertiary/aromatic N) is 2. The summed E-state index contributed by atoms with van der Waals surface area (Å²) in [6, 6.07) is 11.0. The molecule has 0 radical (unpaired) electrons. The van der Waals surface area contributed by atoms with Gasteiger partial charge in [-0.05, 0) is 31.0 Å². The Morgan fingerprint density at radius 1 is 1.42 bits per heavy atom. The van der Waals surface area contributed by atoms with Crippen LogP contribution >= 0.6 is 0 Å². The molecule has 5 aliphatic rings. The van der Waals surface area contributed by atoms with Crippen molar-refractivity contribution in [1.29, 1.82) is 5.26 Å². The minimum absolute atomic E-state index is 0.0277. The number of likely N-dealkylation sites (tertiary alicyclic amines) is 1. The van der Waals surface area contributed by atoms with Gasteiger partial charge in [-0.3, -0.25) is 4.79 Å². The Labute approximate surface area is 140 Å². The number of piperidine rings is 1. The lowest BCUT2D eigenvalue weighted by atomic mass is 9.52. The van der Waals surface area contributed by atoms with Gasteiger partial charge in [0.05, 0.1) is 24.2 Å². The summed E-state index contributed by atoms with van der Waals surface area (Å²) in [7, 11) is 2.11. The third kappa shape index (κ3) is 1.09. The van der Waals surface area contributed by atoms with E-state index in [4.69, 9.17) is 4.74 Å². The fourth-order valence-electron chi connectivity index (χ4n) is 7.15. The molecule has 5 bridgehead atoms. The molecule has 0 unspecified atom stereocenters. The molecule has 6 rings (SSSR count). The lowest BCUT2D eigenvalue weighted by Gasteiger charge is -2.52. The van der Waals surface area contributed by atoms with Crippen LogP contribution in [0, 0.1) is 34.5 Å². The Morgan fingerprint density at radius 3 is 3.08 bits per heavy atom. The summed E-state index contributed by atoms with van der Waals surface area (Å²) in [6.45, 7) is 1.46. The molecule has 7 atom stereocenters. The molecule has 3 heterocycles. The Bertz CT molecular complexity index is 832. The number of carbonyl (C=O) groups excluding carboxylic acids is 1. The zero-order valence-corrected chi connectivity index (χ0v) is 13.5. The maximum absolute atomic E-state index is 13.3. The van der Waals surface area contributed by atoms with Gasteiger partial charge in [0, 0.05) is 30.1 Å². The second-order valence-corrected chi connectivity index (χ2v) is 8.23. The summed E-state index contributed by atoms with van der Waals surface area (Å²) < 4.78 is 6.26. The monoisotopic (exact) mass is 321 g/mol. The highest BCUT2D eigenvalue weighted by Gasteiger charge is 2.81. The highest BCUT2D eigenvalue weighted by atomic mass is 16.5. The average Bonchev–Trinajstić information content (AvgIpc) is 3.08. The first-order valence-corrected chi connectivity index (χ1v) is 8.78. The van der Waals surface area contributed by atoms with Crippen LogP contribution in [0.1, 0.15) is 12.0 Å². The van der Waals surface area contributed by atoms with Crippen LogP contribution in [0.2, 0.25) is 0 Å². The largest absolute Gasteiger partial charge is 0.376 e. The van der Waals surface area contributed by atoms with Crippen molar-refractivity contribution < 1.29 is 9.53 Å². The Kier molecular flexibility index (Phi) is 2.15. The number of hydrogen-bond acceptors (Lipinski definition) is 4. The quantitative estimate of drug-likeness (QED) is 0.784. The predicted octanol–water partition coefficient (Wildman–Crippen LogP) is 1.37. The maximum atomic E-state index is 13.3. The highest BCUT2D eigenvalue weighted by molar-refractivity contribution is 6.07. The molecule has 1 aromatic rings. The molecule has 0 aromatic heterocycles. The normalized spacial score (nSPS) is 50.2. The molecule has 2 aliphatic carbocycles. The van der Waals surface area contributed by atoms with E-state index in [1.807, 2.05) is 18.2 Å². The number of rotatable bonds is 0. The lowest BCUT2D eigenvalue weighted by molar-refractivity contribution is -0.152. The zero-order valence-electron chi connectivity index (χ0n) is 13.5. The lowest BCUT2D eigenvalue weighted by Crippen LogP contribution is -2.62. The van der Waals surface area contributed by atoms with Gasteiger partial charge in [-0.2, -0.15) is 5.26 Å². The summed E-state index contributed by atoms with van der Waals surface area (Å²) in [4.78, 5) is 15.7. The van der Waals surface area contributed by atoms with E-state index >= 15 is 0 Å². The van der Waals surface area contributed by atoms with Crippen LogP contribution in [0.25, 0.3) is 0 Å². The van der Waals surface area contributed by atoms with Crippen LogP contribution in [0.5, 0.6) is 0 Å². The van der Waals surface area contributed by atoms with Gasteiger partial charge in [0.1, 0.15) is 5.41 Å². The summed E-state index contributed by atoms with van der Waals surface area (Å²) in [6.07, 6.45) is 0.728. The average molecular weight is 321 g/mol. The van der Waals surface area contributed by atoms with Crippen LogP contribution < -0.4 is 5.32 Å². The van der Waals surface area contributed by atoms with Crippen molar-refractivity contribution in [2.45, 2.75) is 24.0 Å². The molecule has 1 spiro atoms. The smallest absolute Gasteiger partial charge is 0.238 e. The number of fused-ring (bicyclic) bond motifs is 5. The molecule has 5 heteroatoms. The third-order valence-corrected chi connectivity index (χ3v) is 7.69. The van der Waals surface area contributed by atoms with E-state index < -0.39 is 10.8 Å². The summed E-state index contributed by atoms with van der Waals surface area (Å²) >= 11 is 0. The van der Waals surface area contributed by atoms with Crippen LogP contribution in [0.15, 0.2) is 24.3 Å². The van der Waals surface area contributed by atoms with Crippen molar-refractivity contribution in [2.75, 3.05) is 25.5 Å². The van der Waals surface area contributed by atoms with E-state index in [0.717, 1.165) is 24.2 Å². The molecule has 1 N–H and O–H groups in total. The van der Waals surface area contributed by atoms with Crippen molar-refractivity contribution in [3.05, 3.63) is 29.8 Å². The number of carbonyl (C=O) groups is 1. The first-order chi connectivity index (χ1) is 11.6. The second-order valence-electron chi connectivity index (χ2n) is 8.23. The Morgan fingerprint density at radius 2 is 2.25 bits per heavy atom. The standard InChI is InChI=1S/C19H19N3O2/c1-22-9-18(8-20)12-6-14-19(16(18)15(22)10(12)7-24-14)11-4-2-3-5-13(11)21-17(19)23/h2-5,10,12,14-16H,6-7,9H2,1H3,(H,21,23)/t10-,12+,14+,15+,16-,18-,19-/m0/s1. The first kappa shape index (κ1) is 13.4. The van der Waals surface area contributed by atoms with Crippen molar-refractivity contribution in [2.24, 2.45) is 23.2 Å². The molecule has 122 valence electrons. The van der Waals surface area contributed by atoms with Gasteiger partial charge < -0.3 is 15.0 Å². The molecule has 1 amide bonds. The van der Waals surface area contributed by atoms with E-state index in [1.54, 1.807) is 0 Å². The van der Waals surface area contributed by atoms with Crippen LogP contribution in [0.4, 0.5) is 5.69 Å². The summed E-state index contributed by atoms with van der Waals surface area (Å²) in [5.74, 6) is 0.822. The van der Waals surface area contributed by atoms with Gasteiger partial charge in [-0.15, -0.1) is 0 Å². The van der Waals surface area contributed by atoms with Gasteiger partial charge in [0.25, 0.3) is 0 Å². The number of nitriles is 1. The van der Waals surface area contributed by atoms with E-state index in [1.165, 1.54) is 0 Å². The van der Waals surface area contributed by atoms with Crippen LogP contribution in [-0.4, -0.2) is 43.2 Å². The summed E-state index contributed by atoms with van der Waals surface area (Å²) in [5, 5.41) is 13.3. The number of anilines is 1. The van der Waals surface area contributed by atoms with Crippen LogP contribution in [0.3, 0.4) is 0 Å². The van der Waals surface area contributed by atoms with E-state index in [9.17, 15) is 10.1 Å². The van der Waals surface area contributed by atoms with Gasteiger partial charge >= 0.3 is 0 Å². The van der Waals surface area contributed by atoms with Gasteiger partial charge in [0.2, 0.25) is 5.91 Å². The fourth-order valence-corrected chi connectivity index (χ4v) is 7.15. The molecular weight excluding hydrogens is 302 g/mol. The molecule has 1 aromatic carbocycles. The molecule has 2 saturated heterocycles. The van der Waals surface area contributed by atoms with Gasteiger partial charge in [0.15, 0.2) is 0 Å². The third-order valence-electron chi connectivity index (χ3n) is 7.69. The van der Waals surface area contributed by atoms with E-state index in [2.05, 4.69) is 29.4 Å². The topological polar surface area (TPSA) is 65.4 Å². The number of amides is 1. The SMILES string of the molecule is CN1C[C@@]2(C#N)[C@@H]3C[C@H]4OC[C@@H]3[C@@H]1[C@@H]2[C@@]41C(=O)Nc2ccccc21. The van der Waals surface area contributed by atoms with Gasteiger partial charge in [-0.1, -0.05) is 18.2 Å². The molecule has 2 saturated carbocycles. The van der Waals surface area contributed by atoms with E-state index in [0.29, 0.717) is 18.4 Å². The molecule has 5 nitrogen and oxygen atoms in total. The first-order valence-electron chi connectivity index (χ1n) is 8.78. The minimum atomic E-state index is -0.705. The number of hydrogen-bond donors (Lipinski definition) is 1. The highest BCUT2D eigenvalue weighted by Crippen LogP contribution is 2.72. The second kappa shape index (κ2) is 3.84. The molecule has 4 fully saturated rings. The Balaban J connectivity index is 1.69. The zero-order chi connectivity index (χ0) is 16.3. The van der Waals surface area contributed by atoms with Crippen molar-refractivity contribution in [3.8, 4) is 6.07 Å². The number of benzene rings is 1. The Hall–Kier alpha value is -1.90. The van der Waals surface area contributed by atoms with E-state index in [-0.39, 0.29) is 24.0 Å². The molecule has 3 aliphatic heterocycles. The maximum Gasteiger partial charge on any atom is 0.238 e. The molecule has 24 heavy (non-hydrogen) atoms. The number of para-hydroxylation sites is 1. The van der Waals surface area contributed by atoms with Crippen molar-refractivity contribution >= 4 is 11.6 Å². The predicted molar refractivity (Wildman–Crippen MR) is 86.0 cm³/mol. The van der Waals surface area contributed by atoms with Crippen LogP contribution in [-0.2, 0) is 14.9 Å².